The summed E-state index contributed by atoms with van der Waals surface area (Å²) in [6.07, 6.45) is 1.86. The van der Waals surface area contributed by atoms with Crippen LogP contribution in [0.3, 0.4) is 0 Å². The van der Waals surface area contributed by atoms with Crippen LogP contribution >= 0.6 is 38.5 Å². The maximum Gasteiger partial charge on any atom is 0.280 e. The molecule has 1 heterocycles. The first-order chi connectivity index (χ1) is 11.5. The largest absolute Gasteiger partial charge is 0.494 e. The molecule has 0 atom stereocenters. The minimum atomic E-state index is -0.124. The van der Waals surface area contributed by atoms with Crippen molar-refractivity contribution in [3.63, 3.8) is 0 Å². The van der Waals surface area contributed by atoms with E-state index in [0.717, 1.165) is 25.0 Å². The molecule has 0 radical (unpaired) electrons. The highest BCUT2D eigenvalue weighted by molar-refractivity contribution is 14.1. The quantitative estimate of drug-likeness (QED) is 0.449. The lowest BCUT2D eigenvalue weighted by atomic mass is 10.1. The van der Waals surface area contributed by atoms with Gasteiger partial charge in [0.05, 0.1) is 32.1 Å². The molecule has 0 aliphatic carbocycles. The first kappa shape index (κ1) is 17.2. The number of hydrogen-bond acceptors (Lipinski definition) is 3. The zero-order valence-corrected chi connectivity index (χ0v) is 16.8. The van der Waals surface area contributed by atoms with Gasteiger partial charge in [0.25, 0.3) is 5.91 Å². The Labute approximate surface area is 162 Å². The van der Waals surface area contributed by atoms with Crippen molar-refractivity contribution in [2.75, 3.05) is 12.1 Å². The average molecular weight is 497 g/mol. The molecule has 0 spiro atoms. The summed E-state index contributed by atoms with van der Waals surface area (Å²) < 4.78 is 7.16. The number of hydrogen-bond donors (Lipinski definition) is 0. The van der Waals surface area contributed by atoms with E-state index in [0.29, 0.717) is 11.3 Å². The van der Waals surface area contributed by atoms with Gasteiger partial charge in [-0.3, -0.25) is 4.79 Å². The molecule has 24 heavy (non-hydrogen) atoms. The first-order valence-corrected chi connectivity index (χ1v) is 9.08. The van der Waals surface area contributed by atoms with Crippen molar-refractivity contribution < 1.29 is 9.53 Å². The summed E-state index contributed by atoms with van der Waals surface area (Å²) in [5.41, 5.74) is 2.97. The van der Waals surface area contributed by atoms with Gasteiger partial charge in [-0.15, -0.1) is 0 Å². The van der Waals surface area contributed by atoms with Crippen LogP contribution in [0, 0.1) is 3.57 Å². The van der Waals surface area contributed by atoms with E-state index in [9.17, 15) is 4.79 Å². The average Bonchev–Trinajstić information content (AvgIpc) is 2.84. The molecule has 6 heteroatoms. The van der Waals surface area contributed by atoms with Crippen LogP contribution in [0.2, 0.25) is 0 Å². The van der Waals surface area contributed by atoms with Gasteiger partial charge < -0.3 is 4.74 Å². The lowest BCUT2D eigenvalue weighted by Crippen LogP contribution is -2.21. The lowest BCUT2D eigenvalue weighted by molar-refractivity contribution is -0.114. The Morgan fingerprint density at radius 2 is 1.96 bits per heavy atom. The number of hydrazone groups is 1. The smallest absolute Gasteiger partial charge is 0.280 e. The fourth-order valence-electron chi connectivity index (χ4n) is 2.45. The normalized spacial score (nSPS) is 15.8. The van der Waals surface area contributed by atoms with Crippen LogP contribution < -0.4 is 9.75 Å². The molecule has 4 nitrogen and oxygen atoms in total. The minimum absolute atomic E-state index is 0.124. The molecule has 1 aliphatic rings. The van der Waals surface area contributed by atoms with Crippen LogP contribution in [0.15, 0.2) is 57.6 Å². The number of carbonyl (C=O) groups is 1. The van der Waals surface area contributed by atoms with E-state index < -0.39 is 0 Å². The molecule has 0 bridgehead atoms. The van der Waals surface area contributed by atoms with Gasteiger partial charge in [-0.25, -0.2) is 0 Å². The standard InChI is InChI=1S/C18H14BrIN2O2/c1-11-14(8-12-9-15(19)17(24-2)16(20)10-12)18(23)22(21-11)13-6-4-3-5-7-13/h3-10H,1-2H3/b14-8+. The van der Waals surface area contributed by atoms with Gasteiger partial charge in [0, 0.05) is 0 Å². The summed E-state index contributed by atoms with van der Waals surface area (Å²) in [7, 11) is 1.63. The second kappa shape index (κ2) is 7.06. The molecule has 0 unspecified atom stereocenters. The van der Waals surface area contributed by atoms with E-state index >= 15 is 0 Å². The molecule has 2 aromatic carbocycles. The number of para-hydroxylation sites is 1. The van der Waals surface area contributed by atoms with Gasteiger partial charge in [0.1, 0.15) is 5.75 Å². The molecule has 0 fully saturated rings. The lowest BCUT2D eigenvalue weighted by Gasteiger charge is -2.11. The van der Waals surface area contributed by atoms with Crippen LogP contribution in [0.25, 0.3) is 6.08 Å². The SMILES string of the molecule is COc1c(Br)cc(/C=C2/C(=O)N(c3ccccc3)N=C2C)cc1I. The minimum Gasteiger partial charge on any atom is -0.494 e. The Morgan fingerprint density at radius 1 is 1.25 bits per heavy atom. The Bertz CT molecular complexity index is 840. The van der Waals surface area contributed by atoms with Crippen molar-refractivity contribution in [1.82, 2.24) is 0 Å². The third-order valence-electron chi connectivity index (χ3n) is 3.60. The summed E-state index contributed by atoms with van der Waals surface area (Å²) in [5, 5.41) is 5.83. The van der Waals surface area contributed by atoms with Gasteiger partial charge in [-0.05, 0) is 81.3 Å². The third-order valence-corrected chi connectivity index (χ3v) is 4.99. The third kappa shape index (κ3) is 3.25. The molecule has 122 valence electrons. The Hall–Kier alpha value is -1.67. The number of anilines is 1. The van der Waals surface area contributed by atoms with Crippen molar-refractivity contribution >= 4 is 61.9 Å². The summed E-state index contributed by atoms with van der Waals surface area (Å²) in [6, 6.07) is 13.3. The van der Waals surface area contributed by atoms with Crippen LogP contribution in [0.1, 0.15) is 12.5 Å². The number of halogens is 2. The van der Waals surface area contributed by atoms with Crippen molar-refractivity contribution in [2.45, 2.75) is 6.92 Å². The predicted octanol–water partition coefficient (Wildman–Crippen LogP) is 4.87. The monoisotopic (exact) mass is 496 g/mol. The molecular weight excluding hydrogens is 483 g/mol. The van der Waals surface area contributed by atoms with E-state index in [1.165, 1.54) is 5.01 Å². The summed E-state index contributed by atoms with van der Waals surface area (Å²) in [4.78, 5) is 12.7. The number of nitrogens with zero attached hydrogens (tertiary/aromatic N) is 2. The van der Waals surface area contributed by atoms with E-state index in [4.69, 9.17) is 4.74 Å². The number of rotatable bonds is 3. The van der Waals surface area contributed by atoms with Crippen LogP contribution in [-0.4, -0.2) is 18.7 Å². The van der Waals surface area contributed by atoms with Crippen molar-refractivity contribution in [2.24, 2.45) is 5.10 Å². The van der Waals surface area contributed by atoms with Gasteiger partial charge in [0.2, 0.25) is 0 Å². The topological polar surface area (TPSA) is 41.9 Å². The number of ether oxygens (including phenoxy) is 1. The Kier molecular flexibility index (Phi) is 5.05. The van der Waals surface area contributed by atoms with Crippen LogP contribution in [0.5, 0.6) is 5.75 Å². The summed E-state index contributed by atoms with van der Waals surface area (Å²) in [6.45, 7) is 1.84. The first-order valence-electron chi connectivity index (χ1n) is 7.21. The van der Waals surface area contributed by atoms with Crippen molar-refractivity contribution in [3.05, 3.63) is 61.6 Å². The molecule has 0 saturated heterocycles. The molecule has 1 amide bonds. The van der Waals surface area contributed by atoms with Gasteiger partial charge in [-0.1, -0.05) is 18.2 Å². The van der Waals surface area contributed by atoms with Crippen molar-refractivity contribution in [3.8, 4) is 5.75 Å². The highest BCUT2D eigenvalue weighted by atomic mass is 127. The van der Waals surface area contributed by atoms with E-state index in [2.05, 4.69) is 43.6 Å². The highest BCUT2D eigenvalue weighted by Gasteiger charge is 2.28. The fourth-order valence-corrected chi connectivity index (χ4v) is 4.33. The van der Waals surface area contributed by atoms with E-state index in [1.54, 1.807) is 7.11 Å². The number of carbonyl (C=O) groups excluding carboxylic acids is 1. The number of methoxy groups -OCH3 is 1. The molecule has 0 N–H and O–H groups in total. The Morgan fingerprint density at radius 3 is 2.58 bits per heavy atom. The molecular formula is C18H14BrIN2O2. The van der Waals surface area contributed by atoms with E-state index in [-0.39, 0.29) is 5.91 Å². The molecule has 0 saturated carbocycles. The fraction of sp³-hybridized carbons (Fsp3) is 0.111. The zero-order valence-electron chi connectivity index (χ0n) is 13.1. The maximum atomic E-state index is 12.7. The van der Waals surface area contributed by atoms with Crippen molar-refractivity contribution in [1.29, 1.82) is 0 Å². The number of benzene rings is 2. The van der Waals surface area contributed by atoms with Gasteiger partial charge >= 0.3 is 0 Å². The second-order valence-electron chi connectivity index (χ2n) is 5.21. The van der Waals surface area contributed by atoms with Crippen LogP contribution in [0.4, 0.5) is 5.69 Å². The molecule has 0 aromatic heterocycles. The zero-order chi connectivity index (χ0) is 17.3. The molecule has 3 rings (SSSR count). The summed E-state index contributed by atoms with van der Waals surface area (Å²) >= 11 is 5.71. The molecule has 1 aliphatic heterocycles. The predicted molar refractivity (Wildman–Crippen MR) is 108 cm³/mol. The van der Waals surface area contributed by atoms with Crippen LogP contribution in [-0.2, 0) is 4.79 Å². The van der Waals surface area contributed by atoms with Gasteiger partial charge in [-0.2, -0.15) is 10.1 Å². The molecule has 2 aromatic rings. The number of amides is 1. The second-order valence-corrected chi connectivity index (χ2v) is 7.23. The highest BCUT2D eigenvalue weighted by Crippen LogP contribution is 2.33. The summed E-state index contributed by atoms with van der Waals surface area (Å²) in [5.74, 6) is 0.660. The van der Waals surface area contributed by atoms with E-state index in [1.807, 2.05) is 55.5 Å². The Balaban J connectivity index is 1.97. The van der Waals surface area contributed by atoms with Gasteiger partial charge in [0.15, 0.2) is 0 Å². The maximum absolute atomic E-state index is 12.7.